The number of rotatable bonds is 10. The predicted molar refractivity (Wildman–Crippen MR) is 259 cm³/mol. The van der Waals surface area contributed by atoms with Crippen LogP contribution in [0.2, 0.25) is 0 Å². The van der Waals surface area contributed by atoms with E-state index >= 15 is 0 Å². The van der Waals surface area contributed by atoms with Crippen molar-refractivity contribution in [2.24, 2.45) is 0 Å². The standard InChI is InChI=1S/C58H43NSi/c1-5-17-44(18-6-1)49-21-15-22-50(43-49)47-33-39-52(40-34-47)59(58-30-16-20-48-19-13-14-29-57(48)58)51-37-31-45(32-38-51)46-35-41-56(42-36-46)60(53-23-7-2-8-24-53,54-25-9-3-10-26-54)55-27-11-4-12-28-55/h1-43H. The zero-order valence-corrected chi connectivity index (χ0v) is 34.3. The molecule has 60 heavy (non-hydrogen) atoms. The zero-order valence-electron chi connectivity index (χ0n) is 33.3. The van der Waals surface area contributed by atoms with E-state index in [9.17, 15) is 0 Å². The Hall–Kier alpha value is -7.52. The number of hydrogen-bond donors (Lipinski definition) is 0. The first-order chi connectivity index (χ1) is 29.8. The molecule has 0 saturated carbocycles. The Balaban J connectivity index is 1.02. The monoisotopic (exact) mass is 781 g/mol. The fourth-order valence-corrected chi connectivity index (χ4v) is 13.7. The first-order valence-electron chi connectivity index (χ1n) is 20.7. The highest BCUT2D eigenvalue weighted by molar-refractivity contribution is 7.19. The maximum absolute atomic E-state index is 2.60. The molecule has 0 heterocycles. The molecule has 0 spiro atoms. The van der Waals surface area contributed by atoms with E-state index < -0.39 is 8.07 Å². The fraction of sp³-hybridized carbons (Fsp3) is 0. The molecule has 0 amide bonds. The van der Waals surface area contributed by atoms with E-state index in [0.29, 0.717) is 0 Å². The first-order valence-corrected chi connectivity index (χ1v) is 22.7. The second-order valence-electron chi connectivity index (χ2n) is 15.3. The molecule has 1 nitrogen and oxygen atoms in total. The second-order valence-corrected chi connectivity index (χ2v) is 19.1. The highest BCUT2D eigenvalue weighted by Gasteiger charge is 2.41. The molecule has 0 aliphatic carbocycles. The van der Waals surface area contributed by atoms with Crippen molar-refractivity contribution in [3.05, 3.63) is 261 Å². The highest BCUT2D eigenvalue weighted by atomic mass is 28.3. The number of nitrogens with zero attached hydrogens (tertiary/aromatic N) is 1. The summed E-state index contributed by atoms with van der Waals surface area (Å²) in [6.45, 7) is 0. The average Bonchev–Trinajstić information content (AvgIpc) is 3.34. The van der Waals surface area contributed by atoms with Gasteiger partial charge in [0.1, 0.15) is 0 Å². The van der Waals surface area contributed by atoms with Crippen molar-refractivity contribution in [1.82, 2.24) is 0 Å². The molecule has 10 rings (SSSR count). The van der Waals surface area contributed by atoms with Crippen LogP contribution in [0, 0.1) is 0 Å². The average molecular weight is 782 g/mol. The molecule has 0 saturated heterocycles. The maximum atomic E-state index is 2.39. The molecule has 0 aliphatic heterocycles. The Bertz CT molecular complexity index is 2880. The molecular formula is C58H43NSi. The Morgan fingerprint density at radius 1 is 0.250 bits per heavy atom. The molecule has 0 aliphatic rings. The van der Waals surface area contributed by atoms with Crippen LogP contribution in [0.15, 0.2) is 261 Å². The van der Waals surface area contributed by atoms with Gasteiger partial charge in [-0.1, -0.05) is 224 Å². The smallest absolute Gasteiger partial charge is 0.179 e. The predicted octanol–water partition coefficient (Wildman–Crippen LogP) is 12.7. The molecule has 0 atom stereocenters. The lowest BCUT2D eigenvalue weighted by Crippen LogP contribution is -2.74. The summed E-state index contributed by atoms with van der Waals surface area (Å²) in [6, 6.07) is 95.4. The van der Waals surface area contributed by atoms with Crippen LogP contribution in [-0.2, 0) is 0 Å². The van der Waals surface area contributed by atoms with E-state index in [1.165, 1.54) is 64.9 Å². The van der Waals surface area contributed by atoms with Crippen molar-refractivity contribution in [3.8, 4) is 33.4 Å². The van der Waals surface area contributed by atoms with Crippen LogP contribution >= 0.6 is 0 Å². The molecular weight excluding hydrogens is 739 g/mol. The summed E-state index contributed by atoms with van der Waals surface area (Å²) in [5, 5.41) is 7.92. The molecule has 10 aromatic carbocycles. The van der Waals surface area contributed by atoms with E-state index in [1.807, 2.05) is 0 Å². The number of anilines is 3. The van der Waals surface area contributed by atoms with Crippen molar-refractivity contribution in [1.29, 1.82) is 0 Å². The van der Waals surface area contributed by atoms with Gasteiger partial charge >= 0.3 is 0 Å². The van der Waals surface area contributed by atoms with Crippen molar-refractivity contribution >= 4 is 56.7 Å². The first kappa shape index (κ1) is 36.8. The van der Waals surface area contributed by atoms with Crippen LogP contribution in [0.25, 0.3) is 44.2 Å². The minimum Gasteiger partial charge on any atom is -0.310 e. The van der Waals surface area contributed by atoms with Crippen molar-refractivity contribution in [3.63, 3.8) is 0 Å². The SMILES string of the molecule is c1ccc(-c2cccc(-c3ccc(N(c4ccc(-c5ccc([Si](c6ccccc6)(c6ccccc6)c6ccccc6)cc5)cc4)c4cccc5ccccc45)cc3)c2)cc1. The molecule has 0 bridgehead atoms. The molecule has 0 fully saturated rings. The van der Waals surface area contributed by atoms with Crippen LogP contribution in [0.4, 0.5) is 17.1 Å². The highest BCUT2D eigenvalue weighted by Crippen LogP contribution is 2.40. The number of fused-ring (bicyclic) bond motifs is 1. The molecule has 0 unspecified atom stereocenters. The summed E-state index contributed by atoms with van der Waals surface area (Å²) in [7, 11) is -2.60. The largest absolute Gasteiger partial charge is 0.310 e. The third-order valence-electron chi connectivity index (χ3n) is 11.8. The van der Waals surface area contributed by atoms with Crippen LogP contribution in [0.5, 0.6) is 0 Å². The van der Waals surface area contributed by atoms with E-state index in [2.05, 4.69) is 266 Å². The Morgan fingerprint density at radius 2 is 0.600 bits per heavy atom. The number of hydrogen-bond acceptors (Lipinski definition) is 1. The maximum Gasteiger partial charge on any atom is 0.179 e. The Labute approximate surface area is 354 Å². The van der Waals surface area contributed by atoms with Crippen LogP contribution in [-0.4, -0.2) is 8.07 Å². The normalized spacial score (nSPS) is 11.3. The van der Waals surface area contributed by atoms with Crippen molar-refractivity contribution < 1.29 is 0 Å². The minimum absolute atomic E-state index is 1.11. The van der Waals surface area contributed by atoms with Crippen molar-refractivity contribution in [2.45, 2.75) is 0 Å². The Morgan fingerprint density at radius 3 is 1.12 bits per heavy atom. The van der Waals surface area contributed by atoms with Gasteiger partial charge in [0.2, 0.25) is 0 Å². The lowest BCUT2D eigenvalue weighted by molar-refractivity contribution is 1.30. The van der Waals surface area contributed by atoms with Gasteiger partial charge in [-0.3, -0.25) is 0 Å². The topological polar surface area (TPSA) is 3.24 Å². The van der Waals surface area contributed by atoms with E-state index in [4.69, 9.17) is 0 Å². The Kier molecular flexibility index (Phi) is 10.0. The summed E-state index contributed by atoms with van der Waals surface area (Å²) in [5.74, 6) is 0. The number of benzene rings is 10. The molecule has 10 aromatic rings. The third-order valence-corrected chi connectivity index (χ3v) is 16.6. The fourth-order valence-electron chi connectivity index (χ4n) is 8.92. The summed E-state index contributed by atoms with van der Waals surface area (Å²) in [6.07, 6.45) is 0. The van der Waals surface area contributed by atoms with Gasteiger partial charge < -0.3 is 4.90 Å². The summed E-state index contributed by atoms with van der Waals surface area (Å²) in [4.78, 5) is 2.39. The van der Waals surface area contributed by atoms with E-state index in [-0.39, 0.29) is 0 Å². The van der Waals surface area contributed by atoms with Gasteiger partial charge in [-0.05, 0) is 95.9 Å². The van der Waals surface area contributed by atoms with Gasteiger partial charge in [0.05, 0.1) is 5.69 Å². The van der Waals surface area contributed by atoms with Gasteiger partial charge in [-0.15, -0.1) is 0 Å². The van der Waals surface area contributed by atoms with Gasteiger partial charge in [0, 0.05) is 16.8 Å². The molecule has 0 aromatic heterocycles. The summed E-state index contributed by atoms with van der Waals surface area (Å²) < 4.78 is 0. The van der Waals surface area contributed by atoms with Crippen LogP contribution in [0.1, 0.15) is 0 Å². The minimum atomic E-state index is -2.60. The van der Waals surface area contributed by atoms with Gasteiger partial charge in [-0.25, -0.2) is 0 Å². The van der Waals surface area contributed by atoms with Crippen molar-refractivity contribution in [2.75, 3.05) is 4.90 Å². The van der Waals surface area contributed by atoms with Gasteiger partial charge in [-0.2, -0.15) is 0 Å². The molecule has 2 heteroatoms. The zero-order chi connectivity index (χ0) is 40.1. The second kappa shape index (κ2) is 16.4. The summed E-state index contributed by atoms with van der Waals surface area (Å²) in [5.41, 5.74) is 10.6. The molecule has 0 N–H and O–H groups in total. The lowest BCUT2D eigenvalue weighted by atomic mass is 9.98. The quantitative estimate of drug-likeness (QED) is 0.0987. The van der Waals surface area contributed by atoms with Crippen LogP contribution < -0.4 is 25.6 Å². The van der Waals surface area contributed by atoms with E-state index in [0.717, 1.165) is 17.1 Å². The third kappa shape index (κ3) is 6.94. The van der Waals surface area contributed by atoms with Gasteiger partial charge in [0.25, 0.3) is 0 Å². The molecule has 0 radical (unpaired) electrons. The van der Waals surface area contributed by atoms with Crippen LogP contribution in [0.3, 0.4) is 0 Å². The summed E-state index contributed by atoms with van der Waals surface area (Å²) >= 11 is 0. The van der Waals surface area contributed by atoms with Gasteiger partial charge in [0.15, 0.2) is 8.07 Å². The molecule has 284 valence electrons. The lowest BCUT2D eigenvalue weighted by Gasteiger charge is -2.34. The van der Waals surface area contributed by atoms with E-state index in [1.54, 1.807) is 0 Å².